The molecule has 0 fully saturated rings. The van der Waals surface area contributed by atoms with Gasteiger partial charge in [-0.25, -0.2) is 14.0 Å². The number of para-hydroxylation sites is 1. The molecule has 0 aliphatic rings. The minimum atomic E-state index is -0.885. The standard InChI is InChI=1S/C19H20ClFN2O3/c1-12(2)17(23-19(25)22-13-7-4-3-5-8-13)18(24)26-11-14-15(20)9-6-10-16(14)21/h3-10,12,17H,11H2,1-2H3,(H2,22,23,25)/t17-/m0/s1. The topological polar surface area (TPSA) is 67.4 Å². The smallest absolute Gasteiger partial charge is 0.329 e. The number of esters is 1. The normalized spacial score (nSPS) is 11.7. The van der Waals surface area contributed by atoms with Gasteiger partial charge in [-0.3, -0.25) is 0 Å². The van der Waals surface area contributed by atoms with Crippen LogP contribution in [0.25, 0.3) is 0 Å². The van der Waals surface area contributed by atoms with Crippen molar-refractivity contribution in [2.24, 2.45) is 5.92 Å². The molecule has 0 heterocycles. The number of ether oxygens (including phenoxy) is 1. The molecule has 0 aliphatic carbocycles. The maximum Gasteiger partial charge on any atom is 0.329 e. The maximum atomic E-state index is 13.8. The molecule has 0 saturated carbocycles. The summed E-state index contributed by atoms with van der Waals surface area (Å²) in [7, 11) is 0. The highest BCUT2D eigenvalue weighted by Crippen LogP contribution is 2.20. The zero-order chi connectivity index (χ0) is 19.1. The van der Waals surface area contributed by atoms with Crippen molar-refractivity contribution in [1.29, 1.82) is 0 Å². The van der Waals surface area contributed by atoms with Gasteiger partial charge in [0.15, 0.2) is 0 Å². The summed E-state index contributed by atoms with van der Waals surface area (Å²) in [6.45, 7) is 3.23. The lowest BCUT2D eigenvalue weighted by Crippen LogP contribution is -2.47. The molecular weight excluding hydrogens is 359 g/mol. The first-order valence-electron chi connectivity index (χ1n) is 8.10. The van der Waals surface area contributed by atoms with E-state index in [1.165, 1.54) is 18.2 Å². The van der Waals surface area contributed by atoms with Gasteiger partial charge in [0.25, 0.3) is 0 Å². The number of rotatable bonds is 6. The number of nitrogens with one attached hydrogen (secondary N) is 2. The Balaban J connectivity index is 1.97. The van der Waals surface area contributed by atoms with Crippen molar-refractivity contribution in [3.8, 4) is 0 Å². The molecule has 26 heavy (non-hydrogen) atoms. The van der Waals surface area contributed by atoms with Crippen LogP contribution in [0.15, 0.2) is 48.5 Å². The van der Waals surface area contributed by atoms with Gasteiger partial charge in [-0.15, -0.1) is 0 Å². The van der Waals surface area contributed by atoms with Crippen molar-refractivity contribution in [3.05, 3.63) is 64.9 Å². The zero-order valence-corrected chi connectivity index (χ0v) is 15.2. The highest BCUT2D eigenvalue weighted by Gasteiger charge is 2.26. The maximum absolute atomic E-state index is 13.8. The first kappa shape index (κ1) is 19.7. The largest absolute Gasteiger partial charge is 0.459 e. The molecule has 5 nitrogen and oxygen atoms in total. The third kappa shape index (κ3) is 5.46. The van der Waals surface area contributed by atoms with Crippen LogP contribution in [-0.2, 0) is 16.1 Å². The number of anilines is 1. The Bertz CT molecular complexity index is 748. The number of benzene rings is 2. The van der Waals surface area contributed by atoms with Gasteiger partial charge in [0.2, 0.25) is 0 Å². The van der Waals surface area contributed by atoms with Crippen molar-refractivity contribution >= 4 is 29.3 Å². The van der Waals surface area contributed by atoms with Crippen molar-refractivity contribution < 1.29 is 18.7 Å². The molecule has 2 aromatic rings. The number of hydrogen-bond acceptors (Lipinski definition) is 3. The second-order valence-electron chi connectivity index (χ2n) is 5.99. The molecule has 0 radical (unpaired) electrons. The summed E-state index contributed by atoms with van der Waals surface area (Å²) in [5.74, 6) is -1.44. The number of carbonyl (C=O) groups is 2. The Morgan fingerprint density at radius 2 is 1.81 bits per heavy atom. The van der Waals surface area contributed by atoms with Gasteiger partial charge in [-0.2, -0.15) is 0 Å². The van der Waals surface area contributed by atoms with E-state index >= 15 is 0 Å². The van der Waals surface area contributed by atoms with E-state index in [9.17, 15) is 14.0 Å². The molecule has 1 atom stereocenters. The fourth-order valence-electron chi connectivity index (χ4n) is 2.23. The van der Waals surface area contributed by atoms with Crippen LogP contribution in [0.3, 0.4) is 0 Å². The van der Waals surface area contributed by atoms with Crippen molar-refractivity contribution in [2.45, 2.75) is 26.5 Å². The molecule has 2 rings (SSSR count). The van der Waals surface area contributed by atoms with Crippen LogP contribution in [0.2, 0.25) is 5.02 Å². The average molecular weight is 379 g/mol. The Morgan fingerprint density at radius 1 is 1.12 bits per heavy atom. The molecular formula is C19H20ClFN2O3. The van der Waals surface area contributed by atoms with Gasteiger partial charge in [0, 0.05) is 11.3 Å². The fraction of sp³-hybridized carbons (Fsp3) is 0.263. The van der Waals surface area contributed by atoms with Crippen molar-refractivity contribution in [3.63, 3.8) is 0 Å². The lowest BCUT2D eigenvalue weighted by Gasteiger charge is -2.21. The summed E-state index contributed by atoms with van der Waals surface area (Å²) in [6, 6.07) is 11.6. The molecule has 0 saturated heterocycles. The zero-order valence-electron chi connectivity index (χ0n) is 14.5. The van der Waals surface area contributed by atoms with E-state index in [1.807, 2.05) is 6.07 Å². The molecule has 138 valence electrons. The number of carbonyl (C=O) groups excluding carboxylic acids is 2. The summed E-state index contributed by atoms with van der Waals surface area (Å²) < 4.78 is 18.9. The minimum absolute atomic E-state index is 0.0961. The van der Waals surface area contributed by atoms with Crippen molar-refractivity contribution in [1.82, 2.24) is 5.32 Å². The summed E-state index contributed by atoms with van der Waals surface area (Å²) in [5, 5.41) is 5.39. The molecule has 0 unspecified atom stereocenters. The molecule has 2 amide bonds. The molecule has 7 heteroatoms. The molecule has 0 spiro atoms. The summed E-state index contributed by atoms with van der Waals surface area (Å²) >= 11 is 5.92. The molecule has 0 aliphatic heterocycles. The van der Waals surface area contributed by atoms with Gasteiger partial charge in [0.05, 0.1) is 5.02 Å². The van der Waals surface area contributed by atoms with Crippen LogP contribution in [-0.4, -0.2) is 18.0 Å². The Morgan fingerprint density at radius 3 is 2.42 bits per heavy atom. The third-order valence-corrected chi connectivity index (χ3v) is 4.01. The predicted octanol–water partition coefficient (Wildman–Crippen LogP) is 4.37. The first-order valence-corrected chi connectivity index (χ1v) is 8.48. The second kappa shape index (κ2) is 9.20. The van der Waals surface area contributed by atoms with Crippen LogP contribution in [0.5, 0.6) is 0 Å². The van der Waals surface area contributed by atoms with E-state index < -0.39 is 23.9 Å². The Hall–Kier alpha value is -2.60. The Labute approximate surface area is 156 Å². The van der Waals surface area contributed by atoms with Gasteiger partial charge in [-0.1, -0.05) is 49.7 Å². The lowest BCUT2D eigenvalue weighted by atomic mass is 10.1. The summed E-state index contributed by atoms with van der Waals surface area (Å²) in [6.07, 6.45) is 0. The summed E-state index contributed by atoms with van der Waals surface area (Å²) in [4.78, 5) is 24.4. The molecule has 2 aromatic carbocycles. The van der Waals surface area contributed by atoms with Crippen LogP contribution in [0, 0.1) is 11.7 Å². The SMILES string of the molecule is CC(C)[C@H](NC(=O)Nc1ccccc1)C(=O)OCc1c(F)cccc1Cl. The van der Waals surface area contributed by atoms with Crippen LogP contribution in [0.4, 0.5) is 14.9 Å². The molecule has 0 bridgehead atoms. The quantitative estimate of drug-likeness (QED) is 0.733. The van der Waals surface area contributed by atoms with Gasteiger partial charge >= 0.3 is 12.0 Å². The van der Waals surface area contributed by atoms with Gasteiger partial charge in [0.1, 0.15) is 18.5 Å². The average Bonchev–Trinajstić information content (AvgIpc) is 2.59. The van der Waals surface area contributed by atoms with E-state index in [0.717, 1.165) is 0 Å². The number of urea groups is 1. The second-order valence-corrected chi connectivity index (χ2v) is 6.40. The highest BCUT2D eigenvalue weighted by atomic mass is 35.5. The number of amides is 2. The lowest BCUT2D eigenvalue weighted by molar-refractivity contribution is -0.148. The third-order valence-electron chi connectivity index (χ3n) is 3.66. The van der Waals surface area contributed by atoms with E-state index in [2.05, 4.69) is 10.6 Å². The molecule has 0 aromatic heterocycles. The van der Waals surface area contributed by atoms with Crippen LogP contribution < -0.4 is 10.6 Å². The van der Waals surface area contributed by atoms with Crippen molar-refractivity contribution in [2.75, 3.05) is 5.32 Å². The van der Waals surface area contributed by atoms with Gasteiger partial charge in [-0.05, 0) is 30.2 Å². The van der Waals surface area contributed by atoms with Crippen LogP contribution in [0.1, 0.15) is 19.4 Å². The van der Waals surface area contributed by atoms with E-state index in [0.29, 0.717) is 5.69 Å². The van der Waals surface area contributed by atoms with Crippen LogP contribution >= 0.6 is 11.6 Å². The van der Waals surface area contributed by atoms with E-state index in [1.54, 1.807) is 38.1 Å². The monoisotopic (exact) mass is 378 g/mol. The summed E-state index contributed by atoms with van der Waals surface area (Å²) in [5.41, 5.74) is 0.692. The fourth-order valence-corrected chi connectivity index (χ4v) is 2.45. The molecule has 2 N–H and O–H groups in total. The first-order chi connectivity index (χ1) is 12.4. The van der Waals surface area contributed by atoms with E-state index in [-0.39, 0.29) is 23.1 Å². The Kier molecular flexibility index (Phi) is 6.97. The predicted molar refractivity (Wildman–Crippen MR) is 98.4 cm³/mol. The van der Waals surface area contributed by atoms with Gasteiger partial charge < -0.3 is 15.4 Å². The minimum Gasteiger partial charge on any atom is -0.459 e. The number of hydrogen-bond donors (Lipinski definition) is 2. The van der Waals surface area contributed by atoms with E-state index in [4.69, 9.17) is 16.3 Å². The highest BCUT2D eigenvalue weighted by molar-refractivity contribution is 6.31. The number of halogens is 2.